The van der Waals surface area contributed by atoms with E-state index < -0.39 is 0 Å². The lowest BCUT2D eigenvalue weighted by Crippen LogP contribution is -2.07. The van der Waals surface area contributed by atoms with Gasteiger partial charge in [0.25, 0.3) is 0 Å². The summed E-state index contributed by atoms with van der Waals surface area (Å²) in [6.07, 6.45) is 0. The van der Waals surface area contributed by atoms with E-state index in [2.05, 4.69) is 128 Å². The quantitative estimate of drug-likeness (QED) is 0.331. The zero-order valence-electron chi connectivity index (χ0n) is 16.0. The summed E-state index contributed by atoms with van der Waals surface area (Å²) < 4.78 is 0. The topological polar surface area (TPSA) is 0 Å². The summed E-state index contributed by atoms with van der Waals surface area (Å²) in [4.78, 5) is 0. The molecule has 0 aromatic heterocycles. The third-order valence-electron chi connectivity index (χ3n) is 5.00. The Morgan fingerprint density at radius 2 is 0.786 bits per heavy atom. The first-order valence-electron chi connectivity index (χ1n) is 9.64. The zero-order valence-corrected chi connectivity index (χ0v) is 16.0. The van der Waals surface area contributed by atoms with E-state index >= 15 is 0 Å². The van der Waals surface area contributed by atoms with Crippen molar-refractivity contribution in [3.63, 3.8) is 0 Å². The summed E-state index contributed by atoms with van der Waals surface area (Å²) in [5, 5.41) is 0. The van der Waals surface area contributed by atoms with Gasteiger partial charge in [0.1, 0.15) is 0 Å². The molecule has 0 spiro atoms. The zero-order chi connectivity index (χ0) is 19.2. The fraction of sp³-hybridized carbons (Fsp3) is 0.0357. The Kier molecular flexibility index (Phi) is 5.40. The molecule has 0 aliphatic heterocycles. The van der Waals surface area contributed by atoms with Gasteiger partial charge < -0.3 is 0 Å². The van der Waals surface area contributed by atoms with Gasteiger partial charge in [0.05, 0.1) is 17.0 Å². The highest BCUT2D eigenvalue weighted by atomic mass is 14.2. The van der Waals surface area contributed by atoms with Gasteiger partial charge >= 0.3 is 0 Å². The third-order valence-corrected chi connectivity index (χ3v) is 5.00. The average molecular weight is 359 g/mol. The molecule has 0 bridgehead atoms. The minimum atomic E-state index is 1.23. The fourth-order valence-corrected chi connectivity index (χ4v) is 3.74. The van der Waals surface area contributed by atoms with Gasteiger partial charge in [-0.05, 0) is 91.9 Å². The number of hydrogen-bond donors (Lipinski definition) is 0. The standard InChI is InChI=1S/C28H23/c1-22(27(23-14-6-2-7-15-23)24-16-8-3-9-17-24)28(25-18-10-4-11-19-25)26-20-12-5-13-21-26/h2-21H,1H3/q+1. The fourth-order valence-electron chi connectivity index (χ4n) is 3.74. The van der Waals surface area contributed by atoms with Crippen LogP contribution < -0.4 is 0 Å². The van der Waals surface area contributed by atoms with Crippen molar-refractivity contribution >= 4 is 5.57 Å². The van der Waals surface area contributed by atoms with Gasteiger partial charge in [-0.1, -0.05) is 36.4 Å². The summed E-state index contributed by atoms with van der Waals surface area (Å²) >= 11 is 0. The Morgan fingerprint density at radius 3 is 1.14 bits per heavy atom. The Hall–Kier alpha value is -3.51. The van der Waals surface area contributed by atoms with Gasteiger partial charge in [0, 0.05) is 22.3 Å². The van der Waals surface area contributed by atoms with E-state index in [-0.39, 0.29) is 0 Å². The third kappa shape index (κ3) is 3.77. The van der Waals surface area contributed by atoms with E-state index in [1.54, 1.807) is 0 Å². The van der Waals surface area contributed by atoms with Crippen LogP contribution in [-0.2, 0) is 0 Å². The van der Waals surface area contributed by atoms with E-state index in [0.717, 1.165) is 0 Å². The molecule has 0 unspecified atom stereocenters. The van der Waals surface area contributed by atoms with Crippen molar-refractivity contribution in [2.24, 2.45) is 0 Å². The highest BCUT2D eigenvalue weighted by Gasteiger charge is 2.26. The summed E-state index contributed by atoms with van der Waals surface area (Å²) in [5.74, 6) is 1.27. The second-order valence-electron chi connectivity index (χ2n) is 6.84. The van der Waals surface area contributed by atoms with Gasteiger partial charge in [0.2, 0.25) is 0 Å². The molecule has 4 aromatic rings. The maximum atomic E-state index is 2.24. The lowest BCUT2D eigenvalue weighted by atomic mass is 9.80. The minimum Gasteiger partial charge on any atom is -0.0622 e. The van der Waals surface area contributed by atoms with Gasteiger partial charge in [0.15, 0.2) is 0 Å². The average Bonchev–Trinajstić information content (AvgIpc) is 2.77. The van der Waals surface area contributed by atoms with E-state index in [1.165, 1.54) is 39.3 Å². The Bertz CT molecular complexity index is 949. The summed E-state index contributed by atoms with van der Waals surface area (Å²) in [6, 6.07) is 42.7. The molecule has 4 rings (SSSR count). The van der Waals surface area contributed by atoms with Crippen molar-refractivity contribution < 1.29 is 0 Å². The first kappa shape index (κ1) is 17.9. The van der Waals surface area contributed by atoms with E-state index in [4.69, 9.17) is 0 Å². The van der Waals surface area contributed by atoms with Crippen molar-refractivity contribution in [2.75, 3.05) is 0 Å². The number of rotatable bonds is 5. The van der Waals surface area contributed by atoms with Gasteiger partial charge in [-0.3, -0.25) is 0 Å². The molecule has 28 heavy (non-hydrogen) atoms. The molecule has 134 valence electrons. The molecule has 0 atom stereocenters. The molecule has 4 aromatic carbocycles. The van der Waals surface area contributed by atoms with Gasteiger partial charge in [-0.15, -0.1) is 0 Å². The van der Waals surface area contributed by atoms with Gasteiger partial charge in [-0.25, -0.2) is 0 Å². The van der Waals surface area contributed by atoms with Crippen molar-refractivity contribution in [3.8, 4) is 0 Å². The summed E-state index contributed by atoms with van der Waals surface area (Å²) in [7, 11) is 0. The van der Waals surface area contributed by atoms with Crippen LogP contribution in [0.1, 0.15) is 29.2 Å². The maximum Gasteiger partial charge on any atom is 0.0646 e. The van der Waals surface area contributed by atoms with Crippen LogP contribution in [0, 0.1) is 5.92 Å². The van der Waals surface area contributed by atoms with Crippen LogP contribution >= 0.6 is 0 Å². The molecular weight excluding hydrogens is 336 g/mol. The summed E-state index contributed by atoms with van der Waals surface area (Å²) in [5.41, 5.74) is 7.47. The van der Waals surface area contributed by atoms with E-state index in [0.29, 0.717) is 0 Å². The van der Waals surface area contributed by atoms with Crippen LogP contribution in [0.25, 0.3) is 5.57 Å². The SMILES string of the molecule is CC(=C(c1ccccc1)c1ccccc1)[C+](c1ccccc1)c1ccccc1. The molecule has 0 aliphatic carbocycles. The molecule has 0 heterocycles. The molecule has 0 radical (unpaired) electrons. The van der Waals surface area contributed by atoms with E-state index in [1.807, 2.05) is 0 Å². The molecule has 0 saturated heterocycles. The predicted molar refractivity (Wildman–Crippen MR) is 119 cm³/mol. The molecule has 0 aliphatic rings. The van der Waals surface area contributed by atoms with Crippen LogP contribution in [0.3, 0.4) is 0 Å². The Labute approximate surface area is 167 Å². The second-order valence-corrected chi connectivity index (χ2v) is 6.84. The van der Waals surface area contributed by atoms with Crippen molar-refractivity contribution in [3.05, 3.63) is 155 Å². The lowest BCUT2D eigenvalue weighted by molar-refractivity contribution is 1.19. The highest BCUT2D eigenvalue weighted by Crippen LogP contribution is 2.37. The predicted octanol–water partition coefficient (Wildman–Crippen LogP) is 7.18. The first-order chi connectivity index (χ1) is 13.8. The van der Waals surface area contributed by atoms with Crippen LogP contribution in [0.15, 0.2) is 127 Å². The normalized spacial score (nSPS) is 10.3. The van der Waals surface area contributed by atoms with Gasteiger partial charge in [-0.2, -0.15) is 0 Å². The maximum absolute atomic E-state index is 2.24. The molecule has 0 nitrogen and oxygen atoms in total. The highest BCUT2D eigenvalue weighted by molar-refractivity contribution is 5.85. The molecule has 0 N–H and O–H groups in total. The molecule has 0 saturated carbocycles. The minimum absolute atomic E-state index is 1.23. The van der Waals surface area contributed by atoms with Crippen molar-refractivity contribution in [2.45, 2.75) is 6.92 Å². The molecular formula is C28H23+. The smallest absolute Gasteiger partial charge is 0.0622 e. The molecule has 0 heteroatoms. The van der Waals surface area contributed by atoms with E-state index in [9.17, 15) is 0 Å². The van der Waals surface area contributed by atoms with Crippen LogP contribution in [0.5, 0.6) is 0 Å². The number of hydrogen-bond acceptors (Lipinski definition) is 0. The Morgan fingerprint density at radius 1 is 0.464 bits per heavy atom. The lowest BCUT2D eigenvalue weighted by Gasteiger charge is -2.18. The largest absolute Gasteiger partial charge is 0.0646 e. The summed E-state index contributed by atoms with van der Waals surface area (Å²) in [6.45, 7) is 2.24. The van der Waals surface area contributed by atoms with Crippen molar-refractivity contribution in [1.82, 2.24) is 0 Å². The molecule has 0 amide bonds. The Balaban J connectivity index is 1.97. The second kappa shape index (κ2) is 8.45. The monoisotopic (exact) mass is 359 g/mol. The molecule has 0 fully saturated rings. The number of benzene rings is 4. The van der Waals surface area contributed by atoms with Crippen molar-refractivity contribution in [1.29, 1.82) is 0 Å². The van der Waals surface area contributed by atoms with Crippen LogP contribution in [0.2, 0.25) is 0 Å². The first-order valence-corrected chi connectivity index (χ1v) is 9.64. The van der Waals surface area contributed by atoms with Crippen LogP contribution in [0.4, 0.5) is 0 Å². The number of allylic oxidation sites excluding steroid dienone is 1. The van der Waals surface area contributed by atoms with Crippen LogP contribution in [-0.4, -0.2) is 0 Å².